The van der Waals surface area contributed by atoms with Crippen molar-refractivity contribution in [1.29, 1.82) is 0 Å². The van der Waals surface area contributed by atoms with Crippen LogP contribution >= 0.6 is 0 Å². The second-order valence-corrected chi connectivity index (χ2v) is 9.16. The Kier molecular flexibility index (Phi) is 7.41. The van der Waals surface area contributed by atoms with Crippen molar-refractivity contribution in [2.24, 2.45) is 5.92 Å². The number of aryl methyl sites for hydroxylation is 2. The number of hydrogen-bond acceptors (Lipinski definition) is 5. The Morgan fingerprint density at radius 3 is 2.77 bits per heavy atom. The molecule has 2 saturated heterocycles. The van der Waals surface area contributed by atoms with Gasteiger partial charge in [-0.05, 0) is 84.3 Å². The number of rotatable bonds is 8. The summed E-state index contributed by atoms with van der Waals surface area (Å²) in [6.07, 6.45) is 5.71. The Bertz CT molecular complexity index is 872. The molecule has 0 aliphatic carbocycles. The summed E-state index contributed by atoms with van der Waals surface area (Å²) in [5.41, 5.74) is 3.18. The van der Waals surface area contributed by atoms with E-state index in [1.807, 2.05) is 19.1 Å². The lowest BCUT2D eigenvalue weighted by Crippen LogP contribution is -2.43. The van der Waals surface area contributed by atoms with E-state index in [1.165, 1.54) is 31.5 Å². The van der Waals surface area contributed by atoms with E-state index in [0.717, 1.165) is 69.0 Å². The smallest absolute Gasteiger partial charge is 0.226 e. The average Bonchev–Trinajstić information content (AvgIpc) is 3.41. The molecular weight excluding hydrogens is 388 g/mol. The fourth-order valence-electron chi connectivity index (χ4n) is 4.77. The maximum atomic E-state index is 12.7. The molecule has 3 heterocycles. The van der Waals surface area contributed by atoms with Crippen molar-refractivity contribution in [2.45, 2.75) is 52.5 Å². The molecule has 1 N–H and O–H groups in total. The van der Waals surface area contributed by atoms with Crippen molar-refractivity contribution in [3.05, 3.63) is 41.3 Å². The molecule has 31 heavy (non-hydrogen) atoms. The fourth-order valence-corrected chi connectivity index (χ4v) is 4.77. The Balaban J connectivity index is 1.27. The molecule has 6 heteroatoms. The van der Waals surface area contributed by atoms with Crippen molar-refractivity contribution in [2.75, 3.05) is 39.3 Å². The minimum atomic E-state index is 0.0731. The third kappa shape index (κ3) is 5.95. The molecule has 1 aromatic heterocycles. The van der Waals surface area contributed by atoms with Gasteiger partial charge in [-0.25, -0.2) is 4.98 Å². The van der Waals surface area contributed by atoms with E-state index in [4.69, 9.17) is 9.40 Å². The Morgan fingerprint density at radius 1 is 1.16 bits per heavy atom. The van der Waals surface area contributed by atoms with Gasteiger partial charge in [0.15, 0.2) is 0 Å². The van der Waals surface area contributed by atoms with E-state index in [-0.39, 0.29) is 11.8 Å². The van der Waals surface area contributed by atoms with Crippen LogP contribution in [-0.4, -0.2) is 60.0 Å². The van der Waals surface area contributed by atoms with Gasteiger partial charge in [0, 0.05) is 25.2 Å². The second kappa shape index (κ2) is 10.4. The summed E-state index contributed by atoms with van der Waals surface area (Å²) < 4.78 is 5.96. The number of piperidine rings is 1. The van der Waals surface area contributed by atoms with E-state index in [2.05, 4.69) is 34.2 Å². The molecule has 0 saturated carbocycles. The van der Waals surface area contributed by atoms with Gasteiger partial charge in [0.05, 0.1) is 11.6 Å². The van der Waals surface area contributed by atoms with Crippen molar-refractivity contribution in [1.82, 2.24) is 20.1 Å². The minimum absolute atomic E-state index is 0.0731. The largest absolute Gasteiger partial charge is 0.441 e. The van der Waals surface area contributed by atoms with Crippen LogP contribution in [0.2, 0.25) is 0 Å². The number of hydrogen-bond donors (Lipinski definition) is 1. The predicted octanol–water partition coefficient (Wildman–Crippen LogP) is 3.77. The zero-order chi connectivity index (χ0) is 21.6. The van der Waals surface area contributed by atoms with Gasteiger partial charge in [0.1, 0.15) is 5.76 Å². The summed E-state index contributed by atoms with van der Waals surface area (Å²) in [7, 11) is 0. The van der Waals surface area contributed by atoms with Crippen LogP contribution in [0.3, 0.4) is 0 Å². The van der Waals surface area contributed by atoms with Gasteiger partial charge in [-0.3, -0.25) is 9.69 Å². The van der Waals surface area contributed by atoms with E-state index >= 15 is 0 Å². The number of carbonyl (C=O) groups excluding carboxylic acids is 1. The first-order chi connectivity index (χ1) is 15.1. The molecule has 168 valence electrons. The maximum absolute atomic E-state index is 12.7. The highest BCUT2D eigenvalue weighted by molar-refractivity contribution is 5.78. The lowest BCUT2D eigenvalue weighted by Gasteiger charge is -2.31. The van der Waals surface area contributed by atoms with Crippen LogP contribution in [0.15, 0.2) is 28.7 Å². The molecule has 1 amide bonds. The molecule has 2 aliphatic rings. The van der Waals surface area contributed by atoms with Crippen molar-refractivity contribution < 1.29 is 9.21 Å². The highest BCUT2D eigenvalue weighted by atomic mass is 16.4. The Morgan fingerprint density at radius 2 is 1.97 bits per heavy atom. The predicted molar refractivity (Wildman–Crippen MR) is 123 cm³/mol. The minimum Gasteiger partial charge on any atom is -0.441 e. The molecule has 0 bridgehead atoms. The van der Waals surface area contributed by atoms with Gasteiger partial charge in [0.2, 0.25) is 11.8 Å². The highest BCUT2D eigenvalue weighted by Gasteiger charge is 2.27. The lowest BCUT2D eigenvalue weighted by atomic mass is 9.97. The molecule has 2 aliphatic heterocycles. The van der Waals surface area contributed by atoms with Gasteiger partial charge in [0.25, 0.3) is 0 Å². The molecular formula is C25H36N4O2. The molecule has 0 spiro atoms. The third-order valence-corrected chi connectivity index (χ3v) is 6.56. The number of likely N-dealkylation sites (tertiary alicyclic amines) is 2. The first kappa shape index (κ1) is 22.0. The lowest BCUT2D eigenvalue weighted by molar-refractivity contribution is -0.126. The van der Waals surface area contributed by atoms with Crippen molar-refractivity contribution >= 4 is 5.91 Å². The van der Waals surface area contributed by atoms with Crippen LogP contribution in [0.5, 0.6) is 0 Å². The summed E-state index contributed by atoms with van der Waals surface area (Å²) in [6.45, 7) is 10.9. The monoisotopic (exact) mass is 424 g/mol. The number of carbonyl (C=O) groups is 1. The van der Waals surface area contributed by atoms with E-state index in [9.17, 15) is 4.79 Å². The summed E-state index contributed by atoms with van der Waals surface area (Å²) in [4.78, 5) is 22.3. The van der Waals surface area contributed by atoms with Crippen LogP contribution < -0.4 is 5.32 Å². The van der Waals surface area contributed by atoms with Gasteiger partial charge in [-0.15, -0.1) is 0 Å². The number of aromatic nitrogens is 1. The van der Waals surface area contributed by atoms with Crippen molar-refractivity contribution in [3.8, 4) is 11.5 Å². The number of benzene rings is 1. The topological polar surface area (TPSA) is 61.6 Å². The average molecular weight is 425 g/mol. The van der Waals surface area contributed by atoms with Crippen LogP contribution in [-0.2, 0) is 11.3 Å². The number of oxazole rings is 1. The molecule has 1 atom stereocenters. The van der Waals surface area contributed by atoms with E-state index in [1.54, 1.807) is 0 Å². The summed E-state index contributed by atoms with van der Waals surface area (Å²) in [5.74, 6) is 1.83. The van der Waals surface area contributed by atoms with Gasteiger partial charge < -0.3 is 14.6 Å². The first-order valence-electron chi connectivity index (χ1n) is 11.8. The number of amides is 1. The standard InChI is InChI=1S/C25H36N4O2/c1-19-8-5-9-21(16-19)25-27-23(20(2)31-25)18-29-14-6-10-22(17-29)24(30)26-11-7-15-28-12-3-4-13-28/h5,8-9,16,22H,3-4,6-7,10-15,17-18H2,1-2H3,(H,26,30). The molecule has 2 fully saturated rings. The van der Waals surface area contributed by atoms with Crippen LogP contribution in [0.25, 0.3) is 11.5 Å². The van der Waals surface area contributed by atoms with Gasteiger partial charge in [-0.1, -0.05) is 17.7 Å². The van der Waals surface area contributed by atoms with E-state index in [0.29, 0.717) is 5.89 Å². The summed E-state index contributed by atoms with van der Waals surface area (Å²) in [6, 6.07) is 8.24. The highest BCUT2D eigenvalue weighted by Crippen LogP contribution is 2.25. The zero-order valence-corrected chi connectivity index (χ0v) is 19.0. The maximum Gasteiger partial charge on any atom is 0.226 e. The SMILES string of the molecule is Cc1cccc(-c2nc(CN3CCCC(C(=O)NCCCN4CCCC4)C3)c(C)o2)c1. The number of nitrogens with zero attached hydrogens (tertiary/aromatic N) is 3. The quantitative estimate of drug-likeness (QED) is 0.654. The molecule has 2 aromatic rings. The molecule has 1 aromatic carbocycles. The zero-order valence-electron chi connectivity index (χ0n) is 19.0. The summed E-state index contributed by atoms with van der Waals surface area (Å²) >= 11 is 0. The van der Waals surface area contributed by atoms with Crippen LogP contribution in [0.4, 0.5) is 0 Å². The molecule has 6 nitrogen and oxygen atoms in total. The summed E-state index contributed by atoms with van der Waals surface area (Å²) in [5, 5.41) is 3.18. The second-order valence-electron chi connectivity index (χ2n) is 9.16. The normalized spacial score (nSPS) is 20.3. The van der Waals surface area contributed by atoms with Crippen LogP contribution in [0, 0.1) is 19.8 Å². The van der Waals surface area contributed by atoms with Crippen molar-refractivity contribution in [3.63, 3.8) is 0 Å². The van der Waals surface area contributed by atoms with Crippen LogP contribution in [0.1, 0.15) is 49.1 Å². The van der Waals surface area contributed by atoms with Gasteiger partial charge in [-0.2, -0.15) is 0 Å². The molecule has 1 unspecified atom stereocenters. The third-order valence-electron chi connectivity index (χ3n) is 6.56. The molecule has 4 rings (SSSR count). The van der Waals surface area contributed by atoms with Gasteiger partial charge >= 0.3 is 0 Å². The Hall–Kier alpha value is -2.18. The Labute approximate surface area is 186 Å². The van der Waals surface area contributed by atoms with E-state index < -0.39 is 0 Å². The fraction of sp³-hybridized carbons (Fsp3) is 0.600. The molecule has 0 radical (unpaired) electrons. The number of nitrogens with one attached hydrogen (secondary N) is 1. The first-order valence-corrected chi connectivity index (χ1v) is 11.8.